The molecule has 96 valence electrons. The summed E-state index contributed by atoms with van der Waals surface area (Å²) in [5.41, 5.74) is 7.57. The fourth-order valence-corrected chi connectivity index (χ4v) is 1.63. The van der Waals surface area contributed by atoms with Gasteiger partial charge in [-0.1, -0.05) is 6.07 Å². The highest BCUT2D eigenvalue weighted by molar-refractivity contribution is 5.96. The minimum atomic E-state index is -0.247. The maximum atomic E-state index is 11.6. The Kier molecular flexibility index (Phi) is 3.62. The molecule has 1 aliphatic rings. The molecule has 2 rings (SSSR count). The Labute approximate surface area is 106 Å². The fraction of sp³-hybridized carbons (Fsp3) is 0.385. The molecule has 1 aromatic carbocycles. The standard InChI is InChI=1S/C13H17N3O2/c1-8-2-5-10(15-13(18)9-3-4-9)6-11(8)16-12(17)7-14/h2,5-6,9H,3-4,7,14H2,1H3,(H,15,18)(H,16,17). The fourth-order valence-electron chi connectivity index (χ4n) is 1.63. The van der Waals surface area contributed by atoms with Gasteiger partial charge in [0.25, 0.3) is 0 Å². The summed E-state index contributed by atoms with van der Waals surface area (Å²) in [5.74, 6) is -0.0351. The van der Waals surface area contributed by atoms with Crippen LogP contribution >= 0.6 is 0 Å². The predicted octanol–water partition coefficient (Wildman–Crippen LogP) is 1.24. The molecule has 4 N–H and O–H groups in total. The molecule has 5 nitrogen and oxygen atoms in total. The first-order valence-corrected chi connectivity index (χ1v) is 6.01. The van der Waals surface area contributed by atoms with Crippen LogP contribution in [0.3, 0.4) is 0 Å². The van der Waals surface area contributed by atoms with Crippen molar-refractivity contribution < 1.29 is 9.59 Å². The van der Waals surface area contributed by atoms with Gasteiger partial charge in [0.1, 0.15) is 0 Å². The van der Waals surface area contributed by atoms with Gasteiger partial charge in [0, 0.05) is 17.3 Å². The molecule has 0 aromatic heterocycles. The minimum absolute atomic E-state index is 0.0509. The summed E-state index contributed by atoms with van der Waals surface area (Å²) >= 11 is 0. The summed E-state index contributed by atoms with van der Waals surface area (Å²) in [4.78, 5) is 22.9. The molecule has 0 radical (unpaired) electrons. The van der Waals surface area contributed by atoms with Crippen molar-refractivity contribution in [3.8, 4) is 0 Å². The first kappa shape index (κ1) is 12.6. The zero-order valence-corrected chi connectivity index (χ0v) is 10.3. The maximum absolute atomic E-state index is 11.6. The smallest absolute Gasteiger partial charge is 0.238 e. The number of hydrogen-bond acceptors (Lipinski definition) is 3. The largest absolute Gasteiger partial charge is 0.326 e. The zero-order valence-electron chi connectivity index (χ0n) is 10.3. The third kappa shape index (κ3) is 3.07. The van der Waals surface area contributed by atoms with E-state index in [1.54, 1.807) is 6.07 Å². The van der Waals surface area contributed by atoms with E-state index >= 15 is 0 Å². The molecule has 0 atom stereocenters. The summed E-state index contributed by atoms with van der Waals surface area (Å²) in [6, 6.07) is 5.44. The number of rotatable bonds is 4. The molecule has 0 aliphatic heterocycles. The highest BCUT2D eigenvalue weighted by atomic mass is 16.2. The lowest BCUT2D eigenvalue weighted by atomic mass is 10.1. The molecule has 0 saturated heterocycles. The Hall–Kier alpha value is -1.88. The van der Waals surface area contributed by atoms with Crippen LogP contribution in [0.4, 0.5) is 11.4 Å². The molecule has 0 bridgehead atoms. The molecule has 18 heavy (non-hydrogen) atoms. The van der Waals surface area contributed by atoms with Gasteiger partial charge in [0.2, 0.25) is 11.8 Å². The van der Waals surface area contributed by atoms with Gasteiger partial charge in [-0.25, -0.2) is 0 Å². The van der Waals surface area contributed by atoms with Gasteiger partial charge in [-0.05, 0) is 37.5 Å². The topological polar surface area (TPSA) is 84.2 Å². The second kappa shape index (κ2) is 5.18. The van der Waals surface area contributed by atoms with Crippen molar-refractivity contribution in [2.45, 2.75) is 19.8 Å². The lowest BCUT2D eigenvalue weighted by molar-refractivity contribution is -0.117. The van der Waals surface area contributed by atoms with Gasteiger partial charge in [-0.3, -0.25) is 9.59 Å². The molecule has 2 amide bonds. The second-order valence-electron chi connectivity index (χ2n) is 4.55. The van der Waals surface area contributed by atoms with Crippen LogP contribution in [-0.4, -0.2) is 18.4 Å². The SMILES string of the molecule is Cc1ccc(NC(=O)C2CC2)cc1NC(=O)CN. The lowest BCUT2D eigenvalue weighted by Gasteiger charge is -2.10. The Morgan fingerprint density at radius 1 is 1.33 bits per heavy atom. The van der Waals surface area contributed by atoms with Crippen LogP contribution in [-0.2, 0) is 9.59 Å². The van der Waals surface area contributed by atoms with Gasteiger partial charge in [0.05, 0.1) is 6.54 Å². The van der Waals surface area contributed by atoms with E-state index in [9.17, 15) is 9.59 Å². The van der Waals surface area contributed by atoms with Crippen molar-refractivity contribution in [3.05, 3.63) is 23.8 Å². The van der Waals surface area contributed by atoms with E-state index in [4.69, 9.17) is 5.73 Å². The van der Waals surface area contributed by atoms with Crippen LogP contribution in [0.1, 0.15) is 18.4 Å². The first-order chi connectivity index (χ1) is 8.60. The van der Waals surface area contributed by atoms with Crippen molar-refractivity contribution >= 4 is 23.2 Å². The van der Waals surface area contributed by atoms with E-state index in [0.717, 1.165) is 18.4 Å². The maximum Gasteiger partial charge on any atom is 0.238 e. The van der Waals surface area contributed by atoms with Crippen LogP contribution < -0.4 is 16.4 Å². The van der Waals surface area contributed by atoms with Crippen LogP contribution in [0.5, 0.6) is 0 Å². The predicted molar refractivity (Wildman–Crippen MR) is 70.2 cm³/mol. The summed E-state index contributed by atoms with van der Waals surface area (Å²) in [5, 5.41) is 5.54. The minimum Gasteiger partial charge on any atom is -0.326 e. The molecular formula is C13H17N3O2. The van der Waals surface area contributed by atoms with Crippen molar-refractivity contribution in [1.29, 1.82) is 0 Å². The van der Waals surface area contributed by atoms with Gasteiger partial charge >= 0.3 is 0 Å². The third-order valence-electron chi connectivity index (χ3n) is 2.91. The Bertz CT molecular complexity index is 481. The molecular weight excluding hydrogens is 230 g/mol. The molecule has 1 aliphatic carbocycles. The summed E-state index contributed by atoms with van der Waals surface area (Å²) in [6.07, 6.45) is 1.93. The Balaban J connectivity index is 2.09. The summed E-state index contributed by atoms with van der Waals surface area (Å²) in [6.45, 7) is 1.83. The van der Waals surface area contributed by atoms with E-state index in [1.807, 2.05) is 19.1 Å². The number of anilines is 2. The number of hydrogen-bond donors (Lipinski definition) is 3. The van der Waals surface area contributed by atoms with E-state index in [0.29, 0.717) is 11.4 Å². The highest BCUT2D eigenvalue weighted by Gasteiger charge is 2.29. The van der Waals surface area contributed by atoms with Crippen molar-refractivity contribution in [2.24, 2.45) is 11.7 Å². The first-order valence-electron chi connectivity index (χ1n) is 6.01. The molecule has 0 spiro atoms. The third-order valence-corrected chi connectivity index (χ3v) is 2.91. The molecule has 1 aromatic rings. The molecule has 1 fully saturated rings. The molecule has 0 unspecified atom stereocenters. The zero-order chi connectivity index (χ0) is 13.1. The average molecular weight is 247 g/mol. The van der Waals surface area contributed by atoms with Gasteiger partial charge in [0.15, 0.2) is 0 Å². The molecule has 0 heterocycles. The van der Waals surface area contributed by atoms with Gasteiger partial charge < -0.3 is 16.4 Å². The van der Waals surface area contributed by atoms with Crippen LogP contribution in [0.2, 0.25) is 0 Å². The second-order valence-corrected chi connectivity index (χ2v) is 4.55. The lowest BCUT2D eigenvalue weighted by Crippen LogP contribution is -2.22. The van der Waals surface area contributed by atoms with E-state index in [-0.39, 0.29) is 24.3 Å². The van der Waals surface area contributed by atoms with Crippen molar-refractivity contribution in [1.82, 2.24) is 0 Å². The monoisotopic (exact) mass is 247 g/mol. The summed E-state index contributed by atoms with van der Waals surface area (Å²) in [7, 11) is 0. The normalized spacial score (nSPS) is 14.1. The number of nitrogens with two attached hydrogens (primary N) is 1. The van der Waals surface area contributed by atoms with Gasteiger partial charge in [-0.15, -0.1) is 0 Å². The van der Waals surface area contributed by atoms with E-state index in [1.165, 1.54) is 0 Å². The molecule has 1 saturated carbocycles. The van der Waals surface area contributed by atoms with Crippen LogP contribution in [0.15, 0.2) is 18.2 Å². The van der Waals surface area contributed by atoms with E-state index < -0.39 is 0 Å². The number of amides is 2. The van der Waals surface area contributed by atoms with Gasteiger partial charge in [-0.2, -0.15) is 0 Å². The average Bonchev–Trinajstić information content (AvgIpc) is 3.17. The number of nitrogens with one attached hydrogen (secondary N) is 2. The quantitative estimate of drug-likeness (QED) is 0.748. The highest BCUT2D eigenvalue weighted by Crippen LogP contribution is 2.30. The molecule has 5 heteroatoms. The van der Waals surface area contributed by atoms with Crippen LogP contribution in [0, 0.1) is 12.8 Å². The van der Waals surface area contributed by atoms with Crippen molar-refractivity contribution in [3.63, 3.8) is 0 Å². The number of carbonyl (C=O) groups is 2. The van der Waals surface area contributed by atoms with Crippen molar-refractivity contribution in [2.75, 3.05) is 17.2 Å². The van der Waals surface area contributed by atoms with Crippen LogP contribution in [0.25, 0.3) is 0 Å². The summed E-state index contributed by atoms with van der Waals surface area (Å²) < 4.78 is 0. The van der Waals surface area contributed by atoms with E-state index in [2.05, 4.69) is 10.6 Å². The Morgan fingerprint density at radius 2 is 2.06 bits per heavy atom. The Morgan fingerprint density at radius 3 is 2.67 bits per heavy atom. The number of benzene rings is 1. The number of carbonyl (C=O) groups excluding carboxylic acids is 2. The number of aryl methyl sites for hydroxylation is 1.